The Labute approximate surface area is 117 Å². The van der Waals surface area contributed by atoms with Crippen LogP contribution in [0, 0.1) is 0 Å². The van der Waals surface area contributed by atoms with Gasteiger partial charge in [0.1, 0.15) is 18.1 Å². The van der Waals surface area contributed by atoms with E-state index in [2.05, 4.69) is 0 Å². The van der Waals surface area contributed by atoms with Gasteiger partial charge in [0.25, 0.3) is 0 Å². The second-order valence-electron chi connectivity index (χ2n) is 4.28. The van der Waals surface area contributed by atoms with Gasteiger partial charge in [0.15, 0.2) is 0 Å². The van der Waals surface area contributed by atoms with Crippen LogP contribution in [-0.2, 0) is 17.8 Å². The lowest BCUT2D eigenvalue weighted by Gasteiger charge is -2.13. The molecule has 4 heteroatoms. The molecule has 0 amide bonds. The molecule has 0 spiro atoms. The van der Waals surface area contributed by atoms with E-state index in [1.165, 1.54) is 7.11 Å². The number of ether oxygens (including phenoxy) is 2. The number of benzene rings is 2. The third-order valence-corrected chi connectivity index (χ3v) is 2.88. The Kier molecular flexibility index (Phi) is 4.60. The fraction of sp³-hybridized carbons (Fsp3) is 0.188. The number of hydrogen-bond acceptors (Lipinski definition) is 3. The first-order valence-corrected chi connectivity index (χ1v) is 6.25. The Hall–Kier alpha value is -2.49. The lowest BCUT2D eigenvalue weighted by Crippen LogP contribution is -2.06. The van der Waals surface area contributed by atoms with E-state index in [0.717, 1.165) is 5.56 Å². The van der Waals surface area contributed by atoms with Crippen LogP contribution in [0.4, 0.5) is 0 Å². The molecular weight excluding hydrogens is 256 g/mol. The number of carboxylic acid groups (broad SMARTS) is 1. The first-order valence-electron chi connectivity index (χ1n) is 6.25. The van der Waals surface area contributed by atoms with Gasteiger partial charge in [0, 0.05) is 5.56 Å². The molecule has 104 valence electrons. The summed E-state index contributed by atoms with van der Waals surface area (Å²) in [5.41, 5.74) is 1.58. The first kappa shape index (κ1) is 13.9. The number of methoxy groups -OCH3 is 1. The summed E-state index contributed by atoms with van der Waals surface area (Å²) in [5, 5.41) is 8.99. The molecule has 0 aliphatic rings. The van der Waals surface area contributed by atoms with E-state index in [0.29, 0.717) is 23.7 Å². The van der Waals surface area contributed by atoms with Crippen molar-refractivity contribution >= 4 is 5.97 Å². The molecule has 0 aromatic heterocycles. The second kappa shape index (κ2) is 6.61. The smallest absolute Gasteiger partial charge is 0.308 e. The zero-order valence-corrected chi connectivity index (χ0v) is 11.2. The average Bonchev–Trinajstić information content (AvgIpc) is 2.46. The molecule has 2 aromatic rings. The number of aliphatic carboxylic acids is 1. The molecule has 0 aliphatic carbocycles. The molecule has 0 aliphatic heterocycles. The van der Waals surface area contributed by atoms with Crippen molar-refractivity contribution in [2.24, 2.45) is 0 Å². The Morgan fingerprint density at radius 3 is 2.40 bits per heavy atom. The molecule has 0 bridgehead atoms. The van der Waals surface area contributed by atoms with Crippen molar-refractivity contribution in [3.8, 4) is 11.5 Å². The van der Waals surface area contributed by atoms with E-state index < -0.39 is 5.97 Å². The predicted octanol–water partition coefficient (Wildman–Crippen LogP) is 2.90. The van der Waals surface area contributed by atoms with Crippen LogP contribution in [-0.4, -0.2) is 18.2 Å². The normalized spacial score (nSPS) is 10.1. The van der Waals surface area contributed by atoms with Crippen LogP contribution in [0.25, 0.3) is 0 Å². The maximum atomic E-state index is 11.0. The highest BCUT2D eigenvalue weighted by atomic mass is 16.5. The van der Waals surface area contributed by atoms with Gasteiger partial charge in [-0.15, -0.1) is 0 Å². The van der Waals surface area contributed by atoms with Gasteiger partial charge >= 0.3 is 5.97 Å². The van der Waals surface area contributed by atoms with Gasteiger partial charge in [0.2, 0.25) is 0 Å². The molecular formula is C16H16O4. The van der Waals surface area contributed by atoms with Crippen LogP contribution < -0.4 is 9.47 Å². The maximum Gasteiger partial charge on any atom is 0.308 e. The maximum absolute atomic E-state index is 11.0. The highest BCUT2D eigenvalue weighted by Gasteiger charge is 2.13. The van der Waals surface area contributed by atoms with Crippen LogP contribution in [0.3, 0.4) is 0 Å². The molecule has 1 N–H and O–H groups in total. The number of carbonyl (C=O) groups is 1. The molecule has 0 radical (unpaired) electrons. The van der Waals surface area contributed by atoms with Gasteiger partial charge in [-0.1, -0.05) is 36.4 Å². The minimum atomic E-state index is -0.918. The topological polar surface area (TPSA) is 55.8 Å². The van der Waals surface area contributed by atoms with E-state index in [4.69, 9.17) is 14.6 Å². The van der Waals surface area contributed by atoms with Crippen LogP contribution in [0.1, 0.15) is 11.1 Å². The fourth-order valence-corrected chi connectivity index (χ4v) is 1.93. The van der Waals surface area contributed by atoms with E-state index in [1.807, 2.05) is 30.3 Å². The van der Waals surface area contributed by atoms with Gasteiger partial charge < -0.3 is 14.6 Å². The van der Waals surface area contributed by atoms with Gasteiger partial charge in [-0.3, -0.25) is 4.79 Å². The van der Waals surface area contributed by atoms with Crippen LogP contribution in [0.5, 0.6) is 11.5 Å². The van der Waals surface area contributed by atoms with E-state index in [1.54, 1.807) is 18.2 Å². The van der Waals surface area contributed by atoms with Crippen molar-refractivity contribution in [2.45, 2.75) is 13.0 Å². The van der Waals surface area contributed by atoms with Crippen LogP contribution in [0.15, 0.2) is 48.5 Å². The molecule has 4 nitrogen and oxygen atoms in total. The lowest BCUT2D eigenvalue weighted by atomic mass is 10.1. The van der Waals surface area contributed by atoms with Crippen molar-refractivity contribution in [1.29, 1.82) is 0 Å². The van der Waals surface area contributed by atoms with E-state index in [-0.39, 0.29) is 6.42 Å². The third kappa shape index (κ3) is 3.51. The zero-order valence-electron chi connectivity index (χ0n) is 11.2. The average molecular weight is 272 g/mol. The third-order valence-electron chi connectivity index (χ3n) is 2.88. The Balaban J connectivity index is 2.20. The molecule has 0 saturated heterocycles. The van der Waals surface area contributed by atoms with Crippen molar-refractivity contribution in [1.82, 2.24) is 0 Å². The van der Waals surface area contributed by atoms with Gasteiger partial charge in [-0.25, -0.2) is 0 Å². The molecule has 20 heavy (non-hydrogen) atoms. The van der Waals surface area contributed by atoms with Crippen molar-refractivity contribution in [3.63, 3.8) is 0 Å². The van der Waals surface area contributed by atoms with Gasteiger partial charge in [-0.2, -0.15) is 0 Å². The summed E-state index contributed by atoms with van der Waals surface area (Å²) in [6, 6.07) is 15.0. The van der Waals surface area contributed by atoms with Crippen molar-refractivity contribution < 1.29 is 19.4 Å². The molecule has 0 heterocycles. The highest BCUT2D eigenvalue weighted by molar-refractivity contribution is 5.72. The quantitative estimate of drug-likeness (QED) is 0.878. The molecule has 2 aromatic carbocycles. The molecule has 0 unspecified atom stereocenters. The van der Waals surface area contributed by atoms with Crippen molar-refractivity contribution in [2.75, 3.05) is 7.11 Å². The molecule has 0 fully saturated rings. The number of hydrogen-bond donors (Lipinski definition) is 1. The Bertz CT molecular complexity index is 578. The van der Waals surface area contributed by atoms with E-state index >= 15 is 0 Å². The summed E-state index contributed by atoms with van der Waals surface area (Å²) in [6.45, 7) is 0.390. The molecule has 0 atom stereocenters. The van der Waals surface area contributed by atoms with E-state index in [9.17, 15) is 4.79 Å². The predicted molar refractivity (Wildman–Crippen MR) is 75.1 cm³/mol. The van der Waals surface area contributed by atoms with Crippen LogP contribution in [0.2, 0.25) is 0 Å². The summed E-state index contributed by atoms with van der Waals surface area (Å²) < 4.78 is 10.9. The standard InChI is InChI=1S/C16H16O4/c1-19-14-8-5-9-15(13(14)10-16(17)18)20-11-12-6-3-2-4-7-12/h2-9H,10-11H2,1H3,(H,17,18). The monoisotopic (exact) mass is 272 g/mol. The summed E-state index contributed by atoms with van der Waals surface area (Å²) in [7, 11) is 1.52. The highest BCUT2D eigenvalue weighted by Crippen LogP contribution is 2.29. The largest absolute Gasteiger partial charge is 0.496 e. The summed E-state index contributed by atoms with van der Waals surface area (Å²) >= 11 is 0. The van der Waals surface area contributed by atoms with Crippen molar-refractivity contribution in [3.05, 3.63) is 59.7 Å². The first-order chi connectivity index (χ1) is 9.70. The lowest BCUT2D eigenvalue weighted by molar-refractivity contribution is -0.136. The number of rotatable bonds is 6. The Morgan fingerprint density at radius 1 is 1.05 bits per heavy atom. The van der Waals surface area contributed by atoms with Gasteiger partial charge in [-0.05, 0) is 17.7 Å². The minimum absolute atomic E-state index is 0.131. The second-order valence-corrected chi connectivity index (χ2v) is 4.28. The minimum Gasteiger partial charge on any atom is -0.496 e. The summed E-state index contributed by atoms with van der Waals surface area (Å²) in [6.07, 6.45) is -0.131. The van der Waals surface area contributed by atoms with Gasteiger partial charge in [0.05, 0.1) is 13.5 Å². The molecule has 2 rings (SSSR count). The van der Waals surface area contributed by atoms with Crippen LogP contribution >= 0.6 is 0 Å². The Morgan fingerprint density at radius 2 is 1.75 bits per heavy atom. The summed E-state index contributed by atoms with van der Waals surface area (Å²) in [4.78, 5) is 11.0. The summed E-state index contributed by atoms with van der Waals surface area (Å²) in [5.74, 6) is 0.146. The fourth-order valence-electron chi connectivity index (χ4n) is 1.93. The number of carboxylic acids is 1. The SMILES string of the molecule is COc1cccc(OCc2ccccc2)c1CC(=O)O. The molecule has 0 saturated carbocycles. The zero-order chi connectivity index (χ0) is 14.4.